The Balaban J connectivity index is 1.97. The van der Waals surface area contributed by atoms with E-state index in [-0.39, 0.29) is 5.91 Å². The maximum Gasteiger partial charge on any atom is 0.243 e. The lowest BCUT2D eigenvalue weighted by molar-refractivity contribution is -0.118. The summed E-state index contributed by atoms with van der Waals surface area (Å²) in [5.41, 5.74) is 1.94. The second-order valence-corrected chi connectivity index (χ2v) is 3.85. The quantitative estimate of drug-likeness (QED) is 0.758. The number of hydrogen-bond donors (Lipinski definition) is 2. The Kier molecular flexibility index (Phi) is 3.22. The topological polar surface area (TPSA) is 71.3 Å². The van der Waals surface area contributed by atoms with Crippen LogP contribution in [0.15, 0.2) is 18.3 Å². The molecule has 2 N–H and O–H groups in total. The summed E-state index contributed by atoms with van der Waals surface area (Å²) in [5.74, 6) is 0.534. The number of pyridine rings is 1. The molecule has 2 aromatic heterocycles. The molecule has 6 heteroatoms. The van der Waals surface area contributed by atoms with Crippen LogP contribution >= 0.6 is 0 Å². The van der Waals surface area contributed by atoms with Crippen LogP contribution < -0.4 is 10.6 Å². The van der Waals surface area contributed by atoms with Crippen LogP contribution in [0.2, 0.25) is 0 Å². The molecule has 0 spiro atoms. The van der Waals surface area contributed by atoms with Gasteiger partial charge in [-0.25, -0.2) is 4.52 Å². The highest BCUT2D eigenvalue weighted by Crippen LogP contribution is 2.06. The standard InChI is InChI=1S/C11H15N5O/c1-8-3-4-10-14-11(15-16(10)7-8)13-6-5-12-9(2)17/h3-4,7H,5-6H2,1-2H3,(H,12,17)(H,13,15). The molecule has 0 saturated carbocycles. The van der Waals surface area contributed by atoms with Crippen LogP contribution in [-0.2, 0) is 4.79 Å². The summed E-state index contributed by atoms with van der Waals surface area (Å²) in [6.45, 7) is 4.66. The molecule has 0 unspecified atom stereocenters. The predicted molar refractivity (Wildman–Crippen MR) is 64.9 cm³/mol. The van der Waals surface area contributed by atoms with Crippen molar-refractivity contribution in [1.29, 1.82) is 0 Å². The van der Waals surface area contributed by atoms with Crippen molar-refractivity contribution in [3.8, 4) is 0 Å². The molecule has 0 saturated heterocycles. The Morgan fingerprint density at radius 3 is 3.00 bits per heavy atom. The Bertz CT molecular complexity index is 534. The molecule has 0 atom stereocenters. The maximum atomic E-state index is 10.7. The summed E-state index contributed by atoms with van der Waals surface area (Å²) < 4.78 is 1.73. The van der Waals surface area contributed by atoms with Crippen LogP contribution in [0.3, 0.4) is 0 Å². The Morgan fingerprint density at radius 2 is 2.24 bits per heavy atom. The molecule has 2 aromatic rings. The molecule has 1 amide bonds. The van der Waals surface area contributed by atoms with Gasteiger partial charge in [0, 0.05) is 26.2 Å². The molecule has 0 aliphatic heterocycles. The molecule has 17 heavy (non-hydrogen) atoms. The number of fused-ring (bicyclic) bond motifs is 1. The zero-order valence-electron chi connectivity index (χ0n) is 9.90. The van der Waals surface area contributed by atoms with Crippen molar-refractivity contribution < 1.29 is 4.79 Å². The van der Waals surface area contributed by atoms with E-state index in [2.05, 4.69) is 20.7 Å². The number of nitrogens with zero attached hydrogens (tertiary/aromatic N) is 3. The van der Waals surface area contributed by atoms with Crippen molar-refractivity contribution in [3.63, 3.8) is 0 Å². The number of aryl methyl sites for hydroxylation is 1. The first-order valence-corrected chi connectivity index (χ1v) is 5.46. The van der Waals surface area contributed by atoms with Crippen molar-refractivity contribution in [2.24, 2.45) is 0 Å². The SMILES string of the molecule is CC(=O)NCCNc1nc2ccc(C)cn2n1. The summed E-state index contributed by atoms with van der Waals surface area (Å²) in [6, 6.07) is 3.91. The van der Waals surface area contributed by atoms with E-state index in [0.717, 1.165) is 11.2 Å². The van der Waals surface area contributed by atoms with Gasteiger partial charge < -0.3 is 10.6 Å². The van der Waals surface area contributed by atoms with E-state index in [0.29, 0.717) is 19.0 Å². The molecule has 0 fully saturated rings. The van der Waals surface area contributed by atoms with Crippen LogP contribution in [0.1, 0.15) is 12.5 Å². The van der Waals surface area contributed by atoms with Gasteiger partial charge in [0.25, 0.3) is 0 Å². The second-order valence-electron chi connectivity index (χ2n) is 3.85. The first-order valence-electron chi connectivity index (χ1n) is 5.46. The van der Waals surface area contributed by atoms with E-state index >= 15 is 0 Å². The highest BCUT2D eigenvalue weighted by molar-refractivity contribution is 5.72. The molecule has 0 radical (unpaired) electrons. The van der Waals surface area contributed by atoms with Crippen molar-refractivity contribution in [2.75, 3.05) is 18.4 Å². The van der Waals surface area contributed by atoms with Gasteiger partial charge in [-0.15, -0.1) is 5.10 Å². The van der Waals surface area contributed by atoms with E-state index in [4.69, 9.17) is 0 Å². The molecule has 0 aliphatic carbocycles. The fourth-order valence-electron chi connectivity index (χ4n) is 1.47. The summed E-state index contributed by atoms with van der Waals surface area (Å²) >= 11 is 0. The minimum atomic E-state index is -0.0367. The number of nitrogens with one attached hydrogen (secondary N) is 2. The van der Waals surface area contributed by atoms with E-state index in [1.54, 1.807) is 4.52 Å². The second kappa shape index (κ2) is 4.82. The van der Waals surface area contributed by atoms with Gasteiger partial charge in [-0.05, 0) is 18.6 Å². The molecule has 0 aromatic carbocycles. The predicted octanol–water partition coefficient (Wildman–Crippen LogP) is 0.586. The van der Waals surface area contributed by atoms with E-state index in [9.17, 15) is 4.79 Å². The van der Waals surface area contributed by atoms with Crippen LogP contribution in [0.25, 0.3) is 5.65 Å². The van der Waals surface area contributed by atoms with E-state index in [1.165, 1.54) is 6.92 Å². The lowest BCUT2D eigenvalue weighted by Gasteiger charge is -2.01. The van der Waals surface area contributed by atoms with Gasteiger partial charge in [-0.2, -0.15) is 4.98 Å². The maximum absolute atomic E-state index is 10.7. The van der Waals surface area contributed by atoms with Gasteiger partial charge >= 0.3 is 0 Å². The van der Waals surface area contributed by atoms with Gasteiger partial charge in [0.05, 0.1) is 0 Å². The minimum Gasteiger partial charge on any atom is -0.355 e. The first kappa shape index (κ1) is 11.4. The van der Waals surface area contributed by atoms with Crippen LogP contribution in [0, 0.1) is 6.92 Å². The molecule has 0 aliphatic rings. The summed E-state index contributed by atoms with van der Waals surface area (Å²) in [6.07, 6.45) is 1.92. The number of aromatic nitrogens is 3. The number of anilines is 1. The van der Waals surface area contributed by atoms with Gasteiger partial charge in [-0.3, -0.25) is 4.79 Å². The average molecular weight is 233 g/mol. The van der Waals surface area contributed by atoms with Gasteiger partial charge in [0.1, 0.15) is 0 Å². The molecule has 2 heterocycles. The first-order chi connectivity index (χ1) is 8.15. The van der Waals surface area contributed by atoms with Crippen molar-refractivity contribution in [2.45, 2.75) is 13.8 Å². The smallest absolute Gasteiger partial charge is 0.243 e. The summed E-state index contributed by atoms with van der Waals surface area (Å²) in [7, 11) is 0. The number of rotatable bonds is 4. The lowest BCUT2D eigenvalue weighted by atomic mass is 10.3. The number of carbonyl (C=O) groups excluding carboxylic acids is 1. The third-order valence-corrected chi connectivity index (χ3v) is 2.26. The van der Waals surface area contributed by atoms with Crippen molar-refractivity contribution in [3.05, 3.63) is 23.9 Å². The third kappa shape index (κ3) is 2.93. The molecular weight excluding hydrogens is 218 g/mol. The average Bonchev–Trinajstić information content (AvgIpc) is 2.66. The molecule has 6 nitrogen and oxygen atoms in total. The normalized spacial score (nSPS) is 10.5. The fourth-order valence-corrected chi connectivity index (χ4v) is 1.47. The van der Waals surface area contributed by atoms with Crippen LogP contribution in [0.4, 0.5) is 5.95 Å². The van der Waals surface area contributed by atoms with Gasteiger partial charge in [0.2, 0.25) is 11.9 Å². The Hall–Kier alpha value is -2.11. The number of hydrogen-bond acceptors (Lipinski definition) is 4. The van der Waals surface area contributed by atoms with E-state index < -0.39 is 0 Å². The van der Waals surface area contributed by atoms with Crippen molar-refractivity contribution >= 4 is 17.5 Å². The summed E-state index contributed by atoms with van der Waals surface area (Å²) in [4.78, 5) is 15.0. The van der Waals surface area contributed by atoms with Gasteiger partial charge in [0.15, 0.2) is 5.65 Å². The van der Waals surface area contributed by atoms with Crippen LogP contribution in [-0.4, -0.2) is 33.6 Å². The molecule has 90 valence electrons. The Labute approximate surface area is 99.0 Å². The zero-order valence-corrected chi connectivity index (χ0v) is 9.90. The number of amides is 1. The van der Waals surface area contributed by atoms with Crippen LogP contribution in [0.5, 0.6) is 0 Å². The van der Waals surface area contributed by atoms with Gasteiger partial charge in [-0.1, -0.05) is 6.07 Å². The minimum absolute atomic E-state index is 0.0367. The zero-order chi connectivity index (χ0) is 12.3. The molecular formula is C11H15N5O. The van der Waals surface area contributed by atoms with Crippen molar-refractivity contribution in [1.82, 2.24) is 19.9 Å². The molecule has 2 rings (SSSR count). The monoisotopic (exact) mass is 233 g/mol. The third-order valence-electron chi connectivity index (χ3n) is 2.26. The highest BCUT2D eigenvalue weighted by Gasteiger charge is 2.02. The fraction of sp³-hybridized carbons (Fsp3) is 0.364. The lowest BCUT2D eigenvalue weighted by Crippen LogP contribution is -2.26. The number of carbonyl (C=O) groups is 1. The van der Waals surface area contributed by atoms with E-state index in [1.807, 2.05) is 25.3 Å². The Morgan fingerprint density at radius 1 is 1.41 bits per heavy atom. The molecule has 0 bridgehead atoms. The highest BCUT2D eigenvalue weighted by atomic mass is 16.1. The largest absolute Gasteiger partial charge is 0.355 e. The summed E-state index contributed by atoms with van der Waals surface area (Å²) in [5, 5.41) is 10.0.